The third kappa shape index (κ3) is 2.51. The van der Waals surface area contributed by atoms with Crippen LogP contribution in [0.1, 0.15) is 16.8 Å². The van der Waals surface area contributed by atoms with Crippen LogP contribution in [0.3, 0.4) is 0 Å². The fourth-order valence-corrected chi connectivity index (χ4v) is 2.91. The lowest BCUT2D eigenvalue weighted by Crippen LogP contribution is -2.29. The lowest BCUT2D eigenvalue weighted by atomic mass is 10.0. The molecule has 1 aliphatic heterocycles. The van der Waals surface area contributed by atoms with Gasteiger partial charge in [0.25, 0.3) is 0 Å². The van der Waals surface area contributed by atoms with Gasteiger partial charge in [-0.2, -0.15) is 0 Å². The molecule has 0 aliphatic carbocycles. The molecule has 2 N–H and O–H groups in total. The molecular formula is C16H17N3S. The Hall–Kier alpha value is -1.94. The number of nitrogens with two attached hydrogens (primary N) is 1. The molecule has 3 rings (SSSR count). The van der Waals surface area contributed by atoms with Crippen molar-refractivity contribution in [2.24, 2.45) is 5.73 Å². The second-order valence-corrected chi connectivity index (χ2v) is 5.43. The Morgan fingerprint density at radius 3 is 2.30 bits per heavy atom. The van der Waals surface area contributed by atoms with Crippen molar-refractivity contribution < 1.29 is 0 Å². The lowest BCUT2D eigenvalue weighted by molar-refractivity contribution is 0.802. The number of benzene rings is 1. The van der Waals surface area contributed by atoms with E-state index in [1.807, 2.05) is 6.07 Å². The maximum absolute atomic E-state index is 5.79. The summed E-state index contributed by atoms with van der Waals surface area (Å²) in [6.45, 7) is 1.94. The molecule has 3 nitrogen and oxygen atoms in total. The zero-order chi connectivity index (χ0) is 13.9. The first-order valence-electron chi connectivity index (χ1n) is 6.82. The van der Waals surface area contributed by atoms with Gasteiger partial charge in [-0.3, -0.25) is 4.98 Å². The minimum atomic E-state index is 0.363. The van der Waals surface area contributed by atoms with Crippen LogP contribution in [0.25, 0.3) is 0 Å². The molecule has 2 aromatic rings. The number of fused-ring (bicyclic) bond motifs is 1. The van der Waals surface area contributed by atoms with Gasteiger partial charge in [0.05, 0.1) is 5.69 Å². The number of aromatic nitrogens is 1. The molecule has 0 amide bonds. The zero-order valence-corrected chi connectivity index (χ0v) is 12.1. The van der Waals surface area contributed by atoms with E-state index in [2.05, 4.69) is 40.2 Å². The van der Waals surface area contributed by atoms with Crippen molar-refractivity contribution in [3.63, 3.8) is 0 Å². The van der Waals surface area contributed by atoms with Crippen molar-refractivity contribution in [3.8, 4) is 0 Å². The number of pyridine rings is 1. The Balaban J connectivity index is 1.89. The number of nitrogens with zero attached hydrogens (tertiary/aromatic N) is 2. The lowest BCUT2D eigenvalue weighted by Gasteiger charge is -2.24. The van der Waals surface area contributed by atoms with E-state index in [1.54, 1.807) is 6.20 Å². The third-order valence-electron chi connectivity index (χ3n) is 3.78. The molecule has 0 saturated heterocycles. The average molecular weight is 283 g/mol. The zero-order valence-electron chi connectivity index (χ0n) is 11.2. The second-order valence-electron chi connectivity index (χ2n) is 4.99. The summed E-state index contributed by atoms with van der Waals surface area (Å²) >= 11 is 5.11. The molecule has 0 atom stereocenters. The first kappa shape index (κ1) is 13.1. The van der Waals surface area contributed by atoms with E-state index in [1.165, 1.54) is 11.1 Å². The van der Waals surface area contributed by atoms with Gasteiger partial charge in [-0.15, -0.1) is 0 Å². The smallest absolute Gasteiger partial charge is 0.124 e. The summed E-state index contributed by atoms with van der Waals surface area (Å²) in [5.74, 6) is 0. The summed E-state index contributed by atoms with van der Waals surface area (Å²) in [4.78, 5) is 7.02. The third-order valence-corrected chi connectivity index (χ3v) is 3.97. The summed E-state index contributed by atoms with van der Waals surface area (Å²) in [5, 5.41) is 0. The second kappa shape index (κ2) is 5.59. The Morgan fingerprint density at radius 2 is 1.70 bits per heavy atom. The maximum Gasteiger partial charge on any atom is 0.124 e. The average Bonchev–Trinajstić information content (AvgIpc) is 2.70. The first-order valence-corrected chi connectivity index (χ1v) is 7.23. The molecule has 102 valence electrons. The van der Waals surface area contributed by atoms with Crippen LogP contribution in [-0.4, -0.2) is 23.1 Å². The van der Waals surface area contributed by atoms with Crippen LogP contribution in [0.2, 0.25) is 0 Å². The van der Waals surface area contributed by atoms with Crippen LogP contribution in [-0.2, 0) is 12.8 Å². The van der Waals surface area contributed by atoms with E-state index >= 15 is 0 Å². The molecule has 0 fully saturated rings. The highest BCUT2D eigenvalue weighted by Crippen LogP contribution is 2.23. The van der Waals surface area contributed by atoms with E-state index < -0.39 is 0 Å². The van der Waals surface area contributed by atoms with E-state index in [-0.39, 0.29) is 0 Å². The van der Waals surface area contributed by atoms with Gasteiger partial charge in [0.15, 0.2) is 0 Å². The van der Waals surface area contributed by atoms with Crippen LogP contribution in [0.4, 0.5) is 5.69 Å². The summed E-state index contributed by atoms with van der Waals surface area (Å²) in [6.07, 6.45) is 3.83. The van der Waals surface area contributed by atoms with Gasteiger partial charge in [0, 0.05) is 19.3 Å². The minimum Gasteiger partial charge on any atom is -0.388 e. The normalized spacial score (nSPS) is 14.5. The number of rotatable bonds is 2. The summed E-state index contributed by atoms with van der Waals surface area (Å²) in [5.41, 5.74) is 10.4. The molecule has 2 heterocycles. The summed E-state index contributed by atoms with van der Waals surface area (Å²) in [6, 6.07) is 12.7. The molecule has 0 saturated carbocycles. The fourth-order valence-electron chi connectivity index (χ4n) is 2.75. The largest absolute Gasteiger partial charge is 0.388 e. The molecule has 1 aromatic carbocycles. The van der Waals surface area contributed by atoms with E-state index in [9.17, 15) is 0 Å². The van der Waals surface area contributed by atoms with Crippen molar-refractivity contribution in [3.05, 3.63) is 59.4 Å². The van der Waals surface area contributed by atoms with Gasteiger partial charge in [0.2, 0.25) is 0 Å². The standard InChI is InChI=1S/C16H17N3S/c17-16(20)15-14(6-3-9-18-15)19-10-7-12-4-1-2-5-13(12)8-11-19/h1-6,9H,7-8,10-11H2,(H2,17,20). The molecule has 0 radical (unpaired) electrons. The van der Waals surface area contributed by atoms with E-state index in [0.29, 0.717) is 4.99 Å². The Labute approximate surface area is 124 Å². The van der Waals surface area contributed by atoms with Gasteiger partial charge in [-0.25, -0.2) is 0 Å². The van der Waals surface area contributed by atoms with Crippen LogP contribution >= 0.6 is 12.2 Å². The van der Waals surface area contributed by atoms with Gasteiger partial charge in [0.1, 0.15) is 10.7 Å². The van der Waals surface area contributed by atoms with Crippen molar-refractivity contribution in [2.45, 2.75) is 12.8 Å². The maximum atomic E-state index is 5.79. The highest BCUT2D eigenvalue weighted by molar-refractivity contribution is 7.80. The molecule has 1 aliphatic rings. The number of hydrogen-bond acceptors (Lipinski definition) is 3. The molecule has 0 bridgehead atoms. The fraction of sp³-hybridized carbons (Fsp3) is 0.250. The predicted molar refractivity (Wildman–Crippen MR) is 86.2 cm³/mol. The van der Waals surface area contributed by atoms with Crippen molar-refractivity contribution in [2.75, 3.05) is 18.0 Å². The summed E-state index contributed by atoms with van der Waals surface area (Å²) < 4.78 is 0. The SMILES string of the molecule is NC(=S)c1ncccc1N1CCc2ccccc2CC1. The first-order chi connectivity index (χ1) is 9.75. The number of thiocarbonyl (C=S) groups is 1. The number of hydrogen-bond donors (Lipinski definition) is 1. The molecule has 1 aromatic heterocycles. The van der Waals surface area contributed by atoms with Crippen LogP contribution in [0.5, 0.6) is 0 Å². The van der Waals surface area contributed by atoms with Crippen molar-refractivity contribution in [1.29, 1.82) is 0 Å². The Morgan fingerprint density at radius 1 is 1.05 bits per heavy atom. The Kier molecular flexibility index (Phi) is 3.65. The molecular weight excluding hydrogens is 266 g/mol. The molecule has 0 spiro atoms. The highest BCUT2D eigenvalue weighted by atomic mass is 32.1. The topological polar surface area (TPSA) is 42.1 Å². The van der Waals surface area contributed by atoms with Gasteiger partial charge in [-0.05, 0) is 36.1 Å². The van der Waals surface area contributed by atoms with Gasteiger partial charge in [-0.1, -0.05) is 36.5 Å². The van der Waals surface area contributed by atoms with Crippen molar-refractivity contribution in [1.82, 2.24) is 4.98 Å². The van der Waals surface area contributed by atoms with Crippen LogP contribution < -0.4 is 10.6 Å². The summed E-state index contributed by atoms with van der Waals surface area (Å²) in [7, 11) is 0. The van der Waals surface area contributed by atoms with Crippen LogP contribution in [0.15, 0.2) is 42.6 Å². The number of anilines is 1. The minimum absolute atomic E-state index is 0.363. The van der Waals surface area contributed by atoms with Crippen molar-refractivity contribution >= 4 is 22.9 Å². The van der Waals surface area contributed by atoms with E-state index in [4.69, 9.17) is 18.0 Å². The van der Waals surface area contributed by atoms with E-state index in [0.717, 1.165) is 37.3 Å². The molecule has 0 unspecified atom stereocenters. The van der Waals surface area contributed by atoms with Crippen LogP contribution in [0, 0.1) is 0 Å². The Bertz CT molecular complexity index is 612. The highest BCUT2D eigenvalue weighted by Gasteiger charge is 2.17. The van der Waals surface area contributed by atoms with Gasteiger partial charge >= 0.3 is 0 Å². The molecule has 4 heteroatoms. The van der Waals surface area contributed by atoms with Gasteiger partial charge < -0.3 is 10.6 Å². The predicted octanol–water partition coefficient (Wildman–Crippen LogP) is 2.32. The monoisotopic (exact) mass is 283 g/mol. The molecule has 20 heavy (non-hydrogen) atoms. The quantitative estimate of drug-likeness (QED) is 0.859.